The first kappa shape index (κ1) is 19.2. The number of hydrogen-bond donors (Lipinski definition) is 3. The van der Waals surface area contributed by atoms with Crippen molar-refractivity contribution in [1.29, 1.82) is 0 Å². The van der Waals surface area contributed by atoms with Crippen molar-refractivity contribution < 1.29 is 24.2 Å². The molecule has 0 saturated carbocycles. The molecule has 23 heavy (non-hydrogen) atoms. The van der Waals surface area contributed by atoms with Gasteiger partial charge in [-0.1, -0.05) is 12.2 Å². The van der Waals surface area contributed by atoms with Crippen LogP contribution in [0.2, 0.25) is 0 Å². The summed E-state index contributed by atoms with van der Waals surface area (Å²) < 4.78 is 5.06. The molecule has 3 atom stereocenters. The van der Waals surface area contributed by atoms with E-state index in [9.17, 15) is 14.4 Å². The fraction of sp³-hybridized carbons (Fsp3) is 0.688. The minimum atomic E-state index is -0.491. The van der Waals surface area contributed by atoms with Crippen molar-refractivity contribution >= 4 is 17.8 Å². The minimum absolute atomic E-state index is 0.0486. The Morgan fingerprint density at radius 2 is 2.22 bits per heavy atom. The number of rotatable bonds is 4. The number of esters is 1. The maximum atomic E-state index is 12.3. The van der Waals surface area contributed by atoms with E-state index in [4.69, 9.17) is 9.84 Å². The van der Waals surface area contributed by atoms with Crippen LogP contribution in [0.5, 0.6) is 0 Å². The van der Waals surface area contributed by atoms with Crippen molar-refractivity contribution in [3.8, 4) is 0 Å². The quantitative estimate of drug-likeness (QED) is 0.508. The Bertz CT molecular complexity index is 450. The van der Waals surface area contributed by atoms with Crippen LogP contribution in [-0.4, -0.2) is 48.2 Å². The monoisotopic (exact) mass is 326 g/mol. The molecule has 1 aliphatic rings. The average molecular weight is 326 g/mol. The molecule has 7 nitrogen and oxygen atoms in total. The van der Waals surface area contributed by atoms with Crippen LogP contribution in [0.1, 0.15) is 39.5 Å². The number of allylic oxidation sites excluding steroid dienone is 2. The highest BCUT2D eigenvalue weighted by Crippen LogP contribution is 2.12. The van der Waals surface area contributed by atoms with Crippen LogP contribution in [0.3, 0.4) is 0 Å². The lowest BCUT2D eigenvalue weighted by Crippen LogP contribution is -2.43. The molecule has 0 aromatic carbocycles. The number of cyclic esters (lactones) is 1. The van der Waals surface area contributed by atoms with Gasteiger partial charge in [-0.25, -0.2) is 0 Å². The van der Waals surface area contributed by atoms with Gasteiger partial charge in [0.1, 0.15) is 6.61 Å². The first-order valence-corrected chi connectivity index (χ1v) is 7.93. The zero-order chi connectivity index (χ0) is 17.2. The maximum absolute atomic E-state index is 12.3. The molecule has 1 heterocycles. The van der Waals surface area contributed by atoms with Gasteiger partial charge >= 0.3 is 5.97 Å². The van der Waals surface area contributed by atoms with Gasteiger partial charge in [-0.15, -0.1) is 0 Å². The molecule has 1 aliphatic heterocycles. The molecule has 0 unspecified atom stereocenters. The summed E-state index contributed by atoms with van der Waals surface area (Å²) in [5, 5.41) is 14.4. The van der Waals surface area contributed by atoms with Gasteiger partial charge in [-0.3, -0.25) is 14.4 Å². The summed E-state index contributed by atoms with van der Waals surface area (Å²) in [4.78, 5) is 35.7. The Labute approximate surface area is 136 Å². The molecule has 1 rings (SSSR count). The SMILES string of the molecule is C[C@H](CO)NC(=O)C[C@H]1CC=CCCC(=O)OC[C@H](C)NC1=O. The normalized spacial score (nSPS) is 24.7. The van der Waals surface area contributed by atoms with E-state index >= 15 is 0 Å². The van der Waals surface area contributed by atoms with E-state index in [-0.39, 0.29) is 49.5 Å². The summed E-state index contributed by atoms with van der Waals surface area (Å²) >= 11 is 0. The van der Waals surface area contributed by atoms with E-state index < -0.39 is 5.92 Å². The summed E-state index contributed by atoms with van der Waals surface area (Å²) in [6.07, 6.45) is 4.96. The third-order valence-electron chi connectivity index (χ3n) is 3.47. The summed E-state index contributed by atoms with van der Waals surface area (Å²) in [5.41, 5.74) is 0. The van der Waals surface area contributed by atoms with Gasteiger partial charge in [0.15, 0.2) is 0 Å². The standard InChI is InChI=1S/C16H26N2O5/c1-11(9-19)17-14(20)8-13-6-4-3-5-7-15(21)23-10-12(2)18-16(13)22/h3-4,11-13,19H,5-10H2,1-2H3,(H,17,20)(H,18,22)/t11-,12+,13-/m1/s1. The lowest BCUT2D eigenvalue weighted by molar-refractivity contribution is -0.145. The highest BCUT2D eigenvalue weighted by Gasteiger charge is 2.23. The molecule has 3 N–H and O–H groups in total. The average Bonchev–Trinajstić information content (AvgIpc) is 2.50. The summed E-state index contributed by atoms with van der Waals surface area (Å²) in [7, 11) is 0. The van der Waals surface area contributed by atoms with Crippen LogP contribution in [-0.2, 0) is 19.1 Å². The molecule has 130 valence electrons. The fourth-order valence-corrected chi connectivity index (χ4v) is 2.16. The Morgan fingerprint density at radius 1 is 1.48 bits per heavy atom. The number of carbonyl (C=O) groups excluding carboxylic acids is 3. The van der Waals surface area contributed by atoms with Gasteiger partial charge in [0.05, 0.1) is 18.6 Å². The molecule has 0 spiro atoms. The van der Waals surface area contributed by atoms with Crippen LogP contribution >= 0.6 is 0 Å². The topological polar surface area (TPSA) is 105 Å². The molecule has 0 aromatic rings. The molecule has 0 radical (unpaired) electrons. The van der Waals surface area contributed by atoms with Crippen LogP contribution in [0.25, 0.3) is 0 Å². The van der Waals surface area contributed by atoms with Gasteiger partial charge in [0, 0.05) is 18.9 Å². The van der Waals surface area contributed by atoms with Gasteiger partial charge in [-0.2, -0.15) is 0 Å². The summed E-state index contributed by atoms with van der Waals surface area (Å²) in [6.45, 7) is 3.41. The summed E-state index contributed by atoms with van der Waals surface area (Å²) in [5.74, 6) is -1.29. The molecule has 0 saturated heterocycles. The van der Waals surface area contributed by atoms with Crippen molar-refractivity contribution in [2.24, 2.45) is 5.92 Å². The maximum Gasteiger partial charge on any atom is 0.306 e. The van der Waals surface area contributed by atoms with Gasteiger partial charge < -0.3 is 20.5 Å². The number of nitrogens with one attached hydrogen (secondary N) is 2. The van der Waals surface area contributed by atoms with E-state index in [0.29, 0.717) is 19.3 Å². The van der Waals surface area contributed by atoms with Crippen LogP contribution in [0.15, 0.2) is 12.2 Å². The molecule has 2 amide bonds. The third kappa shape index (κ3) is 7.78. The van der Waals surface area contributed by atoms with E-state index in [1.165, 1.54) is 0 Å². The first-order chi connectivity index (χ1) is 10.9. The minimum Gasteiger partial charge on any atom is -0.463 e. The van der Waals surface area contributed by atoms with Crippen molar-refractivity contribution in [1.82, 2.24) is 10.6 Å². The number of amides is 2. The lowest BCUT2D eigenvalue weighted by atomic mass is 9.98. The predicted molar refractivity (Wildman–Crippen MR) is 84.4 cm³/mol. The molecule has 0 bridgehead atoms. The number of ether oxygens (including phenoxy) is 1. The molecule has 7 heteroatoms. The van der Waals surface area contributed by atoms with Crippen molar-refractivity contribution in [3.63, 3.8) is 0 Å². The van der Waals surface area contributed by atoms with Crippen LogP contribution < -0.4 is 10.6 Å². The van der Waals surface area contributed by atoms with Gasteiger partial charge in [-0.05, 0) is 26.7 Å². The molecule has 0 aromatic heterocycles. The van der Waals surface area contributed by atoms with Crippen molar-refractivity contribution in [2.75, 3.05) is 13.2 Å². The molecular weight excluding hydrogens is 300 g/mol. The second-order valence-electron chi connectivity index (χ2n) is 5.89. The number of carbonyl (C=O) groups is 3. The van der Waals surface area contributed by atoms with Crippen LogP contribution in [0, 0.1) is 5.92 Å². The number of hydrogen-bond acceptors (Lipinski definition) is 5. The van der Waals surface area contributed by atoms with E-state index in [0.717, 1.165) is 0 Å². The smallest absolute Gasteiger partial charge is 0.306 e. The molecule has 0 fully saturated rings. The second-order valence-corrected chi connectivity index (χ2v) is 5.89. The Morgan fingerprint density at radius 3 is 2.91 bits per heavy atom. The number of aliphatic hydroxyl groups excluding tert-OH is 1. The fourth-order valence-electron chi connectivity index (χ4n) is 2.16. The highest BCUT2D eigenvalue weighted by molar-refractivity contribution is 5.86. The Balaban J connectivity index is 2.69. The molecule has 0 aliphatic carbocycles. The van der Waals surface area contributed by atoms with E-state index in [1.54, 1.807) is 13.8 Å². The largest absolute Gasteiger partial charge is 0.463 e. The lowest BCUT2D eigenvalue weighted by Gasteiger charge is -2.20. The highest BCUT2D eigenvalue weighted by atomic mass is 16.5. The van der Waals surface area contributed by atoms with Crippen LogP contribution in [0.4, 0.5) is 0 Å². The van der Waals surface area contributed by atoms with E-state index in [1.807, 2.05) is 12.2 Å². The zero-order valence-corrected chi connectivity index (χ0v) is 13.7. The third-order valence-corrected chi connectivity index (χ3v) is 3.47. The Hall–Kier alpha value is -1.89. The predicted octanol–water partition coefficient (Wildman–Crippen LogP) is 0.278. The van der Waals surface area contributed by atoms with Gasteiger partial charge in [0.2, 0.25) is 11.8 Å². The van der Waals surface area contributed by atoms with Crippen molar-refractivity contribution in [2.45, 2.75) is 51.6 Å². The zero-order valence-electron chi connectivity index (χ0n) is 13.7. The van der Waals surface area contributed by atoms with Gasteiger partial charge in [0.25, 0.3) is 0 Å². The number of aliphatic hydroxyl groups is 1. The Kier molecular flexibility index (Phi) is 8.32. The van der Waals surface area contributed by atoms with Crippen molar-refractivity contribution in [3.05, 3.63) is 12.2 Å². The second kappa shape index (κ2) is 9.99. The summed E-state index contributed by atoms with van der Waals surface area (Å²) in [6, 6.07) is -0.650. The van der Waals surface area contributed by atoms with E-state index in [2.05, 4.69) is 10.6 Å². The first-order valence-electron chi connectivity index (χ1n) is 7.93. The molecular formula is C16H26N2O5.